The fraction of sp³-hybridized carbons (Fsp3) is 1.00. The summed E-state index contributed by atoms with van der Waals surface area (Å²) in [5.74, 6) is 0. The van der Waals surface area contributed by atoms with E-state index < -0.39 is 0 Å². The minimum absolute atomic E-state index is 0.111. The van der Waals surface area contributed by atoms with Crippen molar-refractivity contribution in [1.29, 1.82) is 0 Å². The molecule has 1 nitrogen and oxygen atoms in total. The zero-order chi connectivity index (χ0) is 8.91. The largest absolute Gasteiger partial charge is 0.326 e. The van der Waals surface area contributed by atoms with Crippen molar-refractivity contribution in [2.75, 3.05) is 0 Å². The van der Waals surface area contributed by atoms with Crippen LogP contribution in [-0.4, -0.2) is 10.9 Å². The second-order valence-corrected chi connectivity index (χ2v) is 4.55. The number of unbranched alkanes of at least 4 members (excludes halogenated alkanes) is 1. The summed E-state index contributed by atoms with van der Waals surface area (Å²) in [4.78, 5) is 0. The lowest BCUT2D eigenvalue weighted by molar-refractivity contribution is 0.449. The van der Waals surface area contributed by atoms with Gasteiger partial charge < -0.3 is 5.73 Å². The number of nitrogens with two attached hydrogens (primary N) is 1. The Bertz CT molecular complexity index is 96.2. The van der Waals surface area contributed by atoms with Crippen molar-refractivity contribution < 1.29 is 0 Å². The quantitative estimate of drug-likeness (QED) is 0.643. The number of rotatable bonds is 5. The molecular weight excluding hydrogens is 158 g/mol. The summed E-state index contributed by atoms with van der Waals surface area (Å²) in [5, 5.41) is 0.259. The van der Waals surface area contributed by atoms with Crippen molar-refractivity contribution in [1.82, 2.24) is 0 Å². The van der Waals surface area contributed by atoms with Crippen LogP contribution in [0.2, 0.25) is 0 Å². The molecular formula is C9H20ClN. The van der Waals surface area contributed by atoms with E-state index in [1.807, 2.05) is 13.8 Å². The summed E-state index contributed by atoms with van der Waals surface area (Å²) in [6.45, 7) is 6.22. The van der Waals surface area contributed by atoms with E-state index in [0.29, 0.717) is 0 Å². The molecule has 0 rings (SSSR count). The lowest BCUT2D eigenvalue weighted by Crippen LogP contribution is -2.34. The Kier molecular flexibility index (Phi) is 5.11. The predicted molar refractivity (Wildman–Crippen MR) is 52.0 cm³/mol. The molecule has 1 unspecified atom stereocenters. The van der Waals surface area contributed by atoms with Gasteiger partial charge in [-0.1, -0.05) is 19.8 Å². The van der Waals surface area contributed by atoms with Gasteiger partial charge in [-0.25, -0.2) is 0 Å². The van der Waals surface area contributed by atoms with Crippen LogP contribution in [0.25, 0.3) is 0 Å². The van der Waals surface area contributed by atoms with Crippen LogP contribution in [-0.2, 0) is 0 Å². The van der Waals surface area contributed by atoms with Crippen LogP contribution in [0.5, 0.6) is 0 Å². The Morgan fingerprint density at radius 3 is 2.36 bits per heavy atom. The van der Waals surface area contributed by atoms with Gasteiger partial charge in [0.2, 0.25) is 0 Å². The van der Waals surface area contributed by atoms with Crippen LogP contribution >= 0.6 is 11.6 Å². The molecule has 0 bridgehead atoms. The van der Waals surface area contributed by atoms with Crippen LogP contribution in [0.3, 0.4) is 0 Å². The highest BCUT2D eigenvalue weighted by Crippen LogP contribution is 2.17. The maximum absolute atomic E-state index is 6.06. The van der Waals surface area contributed by atoms with Gasteiger partial charge in [0.05, 0.1) is 0 Å². The minimum atomic E-state index is -0.111. The fourth-order valence-corrected chi connectivity index (χ4v) is 1.65. The lowest BCUT2D eigenvalue weighted by Gasteiger charge is -2.21. The molecule has 0 aromatic heterocycles. The standard InChI is InChI=1S/C9H20ClN/c1-4-5-6-8(10)7-9(2,3)11/h8H,4-7,11H2,1-3H3. The summed E-state index contributed by atoms with van der Waals surface area (Å²) < 4.78 is 0. The molecule has 0 aromatic carbocycles. The maximum atomic E-state index is 6.06. The first-order chi connectivity index (χ1) is 4.95. The summed E-state index contributed by atoms with van der Waals surface area (Å²) in [6.07, 6.45) is 4.44. The normalized spacial score (nSPS) is 15.0. The third kappa shape index (κ3) is 8.15. The Balaban J connectivity index is 3.44. The molecule has 1 atom stereocenters. The van der Waals surface area contributed by atoms with Crippen molar-refractivity contribution in [3.63, 3.8) is 0 Å². The van der Waals surface area contributed by atoms with Crippen molar-refractivity contribution in [2.24, 2.45) is 5.73 Å². The van der Waals surface area contributed by atoms with Crippen LogP contribution in [0.15, 0.2) is 0 Å². The Morgan fingerprint density at radius 1 is 1.45 bits per heavy atom. The summed E-state index contributed by atoms with van der Waals surface area (Å²) in [7, 11) is 0. The van der Waals surface area contributed by atoms with E-state index in [4.69, 9.17) is 17.3 Å². The van der Waals surface area contributed by atoms with Crippen LogP contribution in [0.1, 0.15) is 46.5 Å². The van der Waals surface area contributed by atoms with Crippen LogP contribution in [0, 0.1) is 0 Å². The zero-order valence-corrected chi connectivity index (χ0v) is 8.62. The van der Waals surface area contributed by atoms with Gasteiger partial charge in [-0.2, -0.15) is 0 Å². The van der Waals surface area contributed by atoms with Gasteiger partial charge in [-0.3, -0.25) is 0 Å². The van der Waals surface area contributed by atoms with Gasteiger partial charge in [0, 0.05) is 10.9 Å². The molecule has 0 heterocycles. The van der Waals surface area contributed by atoms with E-state index in [2.05, 4.69) is 6.92 Å². The third-order valence-electron chi connectivity index (χ3n) is 1.62. The second-order valence-electron chi connectivity index (χ2n) is 3.93. The Morgan fingerprint density at radius 2 is 2.00 bits per heavy atom. The Hall–Kier alpha value is 0.250. The number of halogens is 1. The van der Waals surface area contributed by atoms with Crippen molar-refractivity contribution >= 4 is 11.6 Å². The summed E-state index contributed by atoms with van der Waals surface area (Å²) in [5.41, 5.74) is 5.71. The Labute approximate surface area is 75.3 Å². The maximum Gasteiger partial charge on any atom is 0.0353 e. The topological polar surface area (TPSA) is 26.0 Å². The highest BCUT2D eigenvalue weighted by Gasteiger charge is 2.16. The SMILES string of the molecule is CCCCC(Cl)CC(C)(C)N. The van der Waals surface area contributed by atoms with Crippen LogP contribution < -0.4 is 5.73 Å². The van der Waals surface area contributed by atoms with Crippen molar-refractivity contribution in [3.8, 4) is 0 Å². The fourth-order valence-electron chi connectivity index (χ4n) is 1.10. The first-order valence-corrected chi connectivity index (χ1v) is 4.82. The number of hydrogen-bond acceptors (Lipinski definition) is 1. The second kappa shape index (κ2) is 5.00. The van der Waals surface area contributed by atoms with Gasteiger partial charge in [-0.05, 0) is 26.7 Å². The van der Waals surface area contributed by atoms with Crippen LogP contribution in [0.4, 0.5) is 0 Å². The van der Waals surface area contributed by atoms with Gasteiger partial charge in [0.15, 0.2) is 0 Å². The van der Waals surface area contributed by atoms with Gasteiger partial charge in [0.1, 0.15) is 0 Å². The van der Waals surface area contributed by atoms with Gasteiger partial charge >= 0.3 is 0 Å². The third-order valence-corrected chi connectivity index (χ3v) is 1.99. The molecule has 0 saturated carbocycles. The molecule has 0 amide bonds. The van der Waals surface area contributed by atoms with E-state index in [9.17, 15) is 0 Å². The monoisotopic (exact) mass is 177 g/mol. The zero-order valence-electron chi connectivity index (χ0n) is 7.86. The predicted octanol–water partition coefficient (Wildman–Crippen LogP) is 2.91. The smallest absolute Gasteiger partial charge is 0.0353 e. The molecule has 0 aliphatic carbocycles. The minimum Gasteiger partial charge on any atom is -0.326 e. The highest BCUT2D eigenvalue weighted by molar-refractivity contribution is 6.20. The van der Waals surface area contributed by atoms with E-state index >= 15 is 0 Å². The molecule has 0 saturated heterocycles. The van der Waals surface area contributed by atoms with Gasteiger partial charge in [-0.15, -0.1) is 11.6 Å². The summed E-state index contributed by atoms with van der Waals surface area (Å²) in [6, 6.07) is 0. The first-order valence-electron chi connectivity index (χ1n) is 4.38. The van der Waals surface area contributed by atoms with E-state index in [-0.39, 0.29) is 10.9 Å². The molecule has 0 spiro atoms. The van der Waals surface area contributed by atoms with E-state index in [0.717, 1.165) is 12.8 Å². The average Bonchev–Trinajstić information content (AvgIpc) is 1.79. The molecule has 2 heteroatoms. The van der Waals surface area contributed by atoms with Crippen molar-refractivity contribution in [2.45, 2.75) is 57.4 Å². The first kappa shape index (κ1) is 11.2. The lowest BCUT2D eigenvalue weighted by atomic mass is 9.97. The summed E-state index contributed by atoms with van der Waals surface area (Å²) >= 11 is 6.06. The molecule has 2 N–H and O–H groups in total. The number of hydrogen-bond donors (Lipinski definition) is 1. The average molecular weight is 178 g/mol. The van der Waals surface area contributed by atoms with E-state index in [1.54, 1.807) is 0 Å². The van der Waals surface area contributed by atoms with E-state index in [1.165, 1.54) is 12.8 Å². The highest BCUT2D eigenvalue weighted by atomic mass is 35.5. The molecule has 11 heavy (non-hydrogen) atoms. The van der Waals surface area contributed by atoms with Gasteiger partial charge in [0.25, 0.3) is 0 Å². The molecule has 68 valence electrons. The molecule has 0 radical (unpaired) electrons. The number of alkyl halides is 1. The molecule has 0 aliphatic heterocycles. The molecule has 0 fully saturated rings. The van der Waals surface area contributed by atoms with Crippen molar-refractivity contribution in [3.05, 3.63) is 0 Å². The molecule has 0 aromatic rings. The molecule has 0 aliphatic rings.